The number of hydrogen-bond acceptors (Lipinski definition) is 4. The molecular weight excluding hydrogens is 523 g/mol. The molecule has 0 radical (unpaired) electrons. The summed E-state index contributed by atoms with van der Waals surface area (Å²) in [5.41, 5.74) is 13.0. The maximum atomic E-state index is 9.95. The van der Waals surface area contributed by atoms with E-state index in [0.29, 0.717) is 17.0 Å². The molecule has 0 aromatic heterocycles. The minimum Gasteiger partial charge on any atom is -0.311 e. The Hall–Kier alpha value is -5.26. The second-order valence-electron chi connectivity index (χ2n) is 11.9. The summed E-state index contributed by atoms with van der Waals surface area (Å²) in [6.45, 7) is 0.0136. The molecule has 204 valence electrons. The van der Waals surface area contributed by atoms with Crippen molar-refractivity contribution in [2.45, 2.75) is 38.0 Å². The molecule has 5 heteroatoms. The van der Waals surface area contributed by atoms with E-state index in [-0.39, 0.29) is 6.71 Å². The lowest BCUT2D eigenvalue weighted by atomic mass is 9.33. The lowest BCUT2D eigenvalue weighted by Gasteiger charge is -2.45. The van der Waals surface area contributed by atoms with Crippen molar-refractivity contribution in [1.29, 1.82) is 10.5 Å². The van der Waals surface area contributed by atoms with Gasteiger partial charge in [-0.15, -0.1) is 0 Å². The van der Waals surface area contributed by atoms with Crippen molar-refractivity contribution in [3.8, 4) is 12.1 Å². The SMILES string of the molecule is N#Cc1cccc(N2c3ccccc3B3c4ccc(C#N)cc4N(c4ccccc4)c4cc(C5CCCCC5)cc2c43)c1. The van der Waals surface area contributed by atoms with Crippen LogP contribution in [0, 0.1) is 22.7 Å². The number of hydrogen-bond donors (Lipinski definition) is 0. The highest BCUT2D eigenvalue weighted by Gasteiger charge is 2.43. The highest BCUT2D eigenvalue weighted by Crippen LogP contribution is 2.46. The lowest BCUT2D eigenvalue weighted by molar-refractivity contribution is 0.444. The molecule has 0 saturated heterocycles. The van der Waals surface area contributed by atoms with Gasteiger partial charge >= 0.3 is 0 Å². The van der Waals surface area contributed by atoms with Crippen LogP contribution in [0.1, 0.15) is 54.7 Å². The van der Waals surface area contributed by atoms with Crippen molar-refractivity contribution >= 4 is 57.2 Å². The van der Waals surface area contributed by atoms with Crippen LogP contribution in [0.3, 0.4) is 0 Å². The molecule has 2 heterocycles. The van der Waals surface area contributed by atoms with Gasteiger partial charge in [0.05, 0.1) is 23.3 Å². The Kier molecular flexibility index (Phi) is 6.06. The maximum Gasteiger partial charge on any atom is 0.252 e. The van der Waals surface area contributed by atoms with Crippen LogP contribution in [0.15, 0.2) is 109 Å². The van der Waals surface area contributed by atoms with E-state index in [2.05, 4.69) is 107 Å². The van der Waals surface area contributed by atoms with Gasteiger partial charge in [-0.25, -0.2) is 0 Å². The summed E-state index contributed by atoms with van der Waals surface area (Å²) in [6.07, 6.45) is 6.21. The molecule has 5 aromatic carbocycles. The van der Waals surface area contributed by atoms with Crippen LogP contribution in [-0.4, -0.2) is 6.71 Å². The standard InChI is InChI=1S/C38H29BN4/c40-24-26-10-9-15-31(20-26)43-34-17-8-7-16-32(34)39-33-19-18-27(25-41)21-35(33)42(30-13-5-2-6-14-30)36-22-29(23-37(43)38(36)39)28-11-3-1-4-12-28/h2,5-10,13-23,28H,1,3-4,11-12H2. The fourth-order valence-electron chi connectivity index (χ4n) is 7.55. The largest absolute Gasteiger partial charge is 0.311 e. The second-order valence-corrected chi connectivity index (χ2v) is 11.9. The smallest absolute Gasteiger partial charge is 0.252 e. The molecule has 0 spiro atoms. The molecule has 0 amide bonds. The van der Waals surface area contributed by atoms with Crippen LogP contribution in [-0.2, 0) is 0 Å². The summed E-state index contributed by atoms with van der Waals surface area (Å²) in [5, 5.41) is 19.8. The predicted molar refractivity (Wildman–Crippen MR) is 176 cm³/mol. The van der Waals surface area contributed by atoms with Gasteiger partial charge in [-0.1, -0.05) is 67.8 Å². The van der Waals surface area contributed by atoms with Crippen molar-refractivity contribution in [3.05, 3.63) is 126 Å². The zero-order chi connectivity index (χ0) is 28.9. The topological polar surface area (TPSA) is 54.1 Å². The zero-order valence-corrected chi connectivity index (χ0v) is 23.9. The number of fused-ring (bicyclic) bond motifs is 4. The maximum absolute atomic E-state index is 9.95. The predicted octanol–water partition coefficient (Wildman–Crippen LogP) is 7.56. The fourth-order valence-corrected chi connectivity index (χ4v) is 7.55. The van der Waals surface area contributed by atoms with Gasteiger partial charge in [-0.2, -0.15) is 10.5 Å². The van der Waals surface area contributed by atoms with Gasteiger partial charge in [0.25, 0.3) is 6.71 Å². The third kappa shape index (κ3) is 4.04. The average Bonchev–Trinajstić information content (AvgIpc) is 3.08. The minimum absolute atomic E-state index is 0.0136. The normalized spacial score (nSPS) is 15.2. The van der Waals surface area contributed by atoms with Crippen LogP contribution < -0.4 is 26.2 Å². The quantitative estimate of drug-likeness (QED) is 0.212. The van der Waals surface area contributed by atoms with Gasteiger partial charge in [0, 0.05) is 34.1 Å². The number of benzene rings is 5. The molecule has 5 aromatic rings. The van der Waals surface area contributed by atoms with Gasteiger partial charge in [0.1, 0.15) is 0 Å². The Morgan fingerprint density at radius 3 is 1.98 bits per heavy atom. The number of nitriles is 2. The van der Waals surface area contributed by atoms with E-state index in [0.717, 1.165) is 22.7 Å². The molecule has 0 N–H and O–H groups in total. The Labute approximate surface area is 253 Å². The molecule has 1 saturated carbocycles. The number of nitrogens with zero attached hydrogens (tertiary/aromatic N) is 4. The molecular formula is C38H29BN4. The molecule has 0 bridgehead atoms. The Balaban J connectivity index is 1.48. The lowest BCUT2D eigenvalue weighted by Crippen LogP contribution is -2.61. The third-order valence-corrected chi connectivity index (χ3v) is 9.45. The van der Waals surface area contributed by atoms with Crippen LogP contribution in [0.4, 0.5) is 34.1 Å². The monoisotopic (exact) mass is 552 g/mol. The summed E-state index contributed by atoms with van der Waals surface area (Å²) in [6, 6.07) is 43.0. The van der Waals surface area contributed by atoms with Crippen molar-refractivity contribution in [2.24, 2.45) is 0 Å². The van der Waals surface area contributed by atoms with Gasteiger partial charge in [0.15, 0.2) is 0 Å². The molecule has 1 fully saturated rings. The van der Waals surface area contributed by atoms with Crippen LogP contribution in [0.5, 0.6) is 0 Å². The summed E-state index contributed by atoms with van der Waals surface area (Å²) >= 11 is 0. The van der Waals surface area contributed by atoms with E-state index in [1.165, 1.54) is 65.4 Å². The first-order valence-electron chi connectivity index (χ1n) is 15.2. The minimum atomic E-state index is 0.0136. The van der Waals surface area contributed by atoms with Crippen LogP contribution in [0.2, 0.25) is 0 Å². The van der Waals surface area contributed by atoms with Crippen LogP contribution in [0.25, 0.3) is 0 Å². The zero-order valence-electron chi connectivity index (χ0n) is 23.9. The summed E-state index contributed by atoms with van der Waals surface area (Å²) in [4.78, 5) is 4.74. The Morgan fingerprint density at radius 2 is 1.21 bits per heavy atom. The fraction of sp³-hybridized carbons (Fsp3) is 0.158. The van der Waals surface area contributed by atoms with Gasteiger partial charge in [-0.3, -0.25) is 0 Å². The van der Waals surface area contributed by atoms with Crippen molar-refractivity contribution in [2.75, 3.05) is 9.80 Å². The van der Waals surface area contributed by atoms with E-state index in [9.17, 15) is 10.5 Å². The molecule has 8 rings (SSSR count). The summed E-state index contributed by atoms with van der Waals surface area (Å²) in [5.74, 6) is 0.502. The van der Waals surface area contributed by atoms with Gasteiger partial charge in [-0.05, 0) is 101 Å². The molecule has 0 atom stereocenters. The summed E-state index contributed by atoms with van der Waals surface area (Å²) < 4.78 is 0. The first-order valence-corrected chi connectivity index (χ1v) is 15.2. The molecule has 0 unspecified atom stereocenters. The van der Waals surface area contributed by atoms with E-state index in [1.54, 1.807) is 0 Å². The van der Waals surface area contributed by atoms with E-state index in [1.807, 2.05) is 24.3 Å². The molecule has 1 aliphatic carbocycles. The van der Waals surface area contributed by atoms with Crippen molar-refractivity contribution in [1.82, 2.24) is 0 Å². The number of anilines is 6. The summed E-state index contributed by atoms with van der Waals surface area (Å²) in [7, 11) is 0. The first kappa shape index (κ1) is 25.5. The number of para-hydroxylation sites is 2. The highest BCUT2D eigenvalue weighted by atomic mass is 15.2. The Bertz CT molecular complexity index is 1940. The Morgan fingerprint density at radius 1 is 0.558 bits per heavy atom. The molecule has 3 aliphatic rings. The second kappa shape index (κ2) is 10.2. The van der Waals surface area contributed by atoms with Gasteiger partial charge in [0.2, 0.25) is 0 Å². The van der Waals surface area contributed by atoms with Crippen LogP contribution >= 0.6 is 0 Å². The van der Waals surface area contributed by atoms with Gasteiger partial charge < -0.3 is 9.80 Å². The molecule has 4 nitrogen and oxygen atoms in total. The van der Waals surface area contributed by atoms with E-state index < -0.39 is 0 Å². The highest BCUT2D eigenvalue weighted by molar-refractivity contribution is 7.00. The van der Waals surface area contributed by atoms with Crippen molar-refractivity contribution < 1.29 is 0 Å². The van der Waals surface area contributed by atoms with E-state index >= 15 is 0 Å². The molecule has 43 heavy (non-hydrogen) atoms. The van der Waals surface area contributed by atoms with Crippen molar-refractivity contribution in [3.63, 3.8) is 0 Å². The molecule has 2 aliphatic heterocycles. The number of rotatable bonds is 3. The van der Waals surface area contributed by atoms with E-state index in [4.69, 9.17) is 0 Å². The third-order valence-electron chi connectivity index (χ3n) is 9.45. The average molecular weight is 552 g/mol. The first-order chi connectivity index (χ1) is 21.2.